The highest BCUT2D eigenvalue weighted by Crippen LogP contribution is 2.33. The largest absolute Gasteiger partial charge is 0.454 e. The van der Waals surface area contributed by atoms with Crippen molar-refractivity contribution in [3.05, 3.63) is 71.8 Å². The van der Waals surface area contributed by atoms with Gasteiger partial charge in [0.1, 0.15) is 0 Å². The lowest BCUT2D eigenvalue weighted by molar-refractivity contribution is 0.0994. The molecule has 0 radical (unpaired) electrons. The predicted molar refractivity (Wildman–Crippen MR) is 84.5 cm³/mol. The Morgan fingerprint density at radius 2 is 1.73 bits per heavy atom. The van der Waals surface area contributed by atoms with Gasteiger partial charge >= 0.3 is 0 Å². The summed E-state index contributed by atoms with van der Waals surface area (Å²) in [6.45, 7) is 0.246. The van der Waals surface area contributed by atoms with Crippen LogP contribution in [0.2, 0.25) is 0 Å². The van der Waals surface area contributed by atoms with Gasteiger partial charge < -0.3 is 9.47 Å². The summed E-state index contributed by atoms with van der Waals surface area (Å²) in [7, 11) is 0. The van der Waals surface area contributed by atoms with Crippen molar-refractivity contribution in [2.24, 2.45) is 0 Å². The molecular formula is C19H14O3. The third-order valence-corrected chi connectivity index (χ3v) is 3.89. The van der Waals surface area contributed by atoms with E-state index in [2.05, 4.69) is 0 Å². The van der Waals surface area contributed by atoms with Gasteiger partial charge in [-0.15, -0.1) is 0 Å². The molecule has 22 heavy (non-hydrogen) atoms. The first kappa shape index (κ1) is 12.9. The van der Waals surface area contributed by atoms with Crippen LogP contribution in [0, 0.1) is 0 Å². The highest BCUT2D eigenvalue weighted by atomic mass is 16.7. The zero-order valence-electron chi connectivity index (χ0n) is 11.9. The molecular weight excluding hydrogens is 276 g/mol. The van der Waals surface area contributed by atoms with Gasteiger partial charge in [0.15, 0.2) is 17.3 Å². The van der Waals surface area contributed by atoms with E-state index in [-0.39, 0.29) is 12.6 Å². The maximum Gasteiger partial charge on any atom is 0.231 e. The number of ether oxygens (including phenoxy) is 2. The molecule has 0 bridgehead atoms. The molecule has 1 aliphatic heterocycles. The summed E-state index contributed by atoms with van der Waals surface area (Å²) in [6.07, 6.45) is 0.352. The normalized spacial score (nSPS) is 12.5. The minimum atomic E-state index is 0.107. The number of carbonyl (C=O) groups is 1. The monoisotopic (exact) mass is 290 g/mol. The van der Waals surface area contributed by atoms with Gasteiger partial charge in [-0.2, -0.15) is 0 Å². The molecule has 3 aromatic rings. The summed E-state index contributed by atoms with van der Waals surface area (Å²) >= 11 is 0. The quantitative estimate of drug-likeness (QED) is 0.684. The second kappa shape index (κ2) is 5.19. The van der Waals surface area contributed by atoms with Crippen LogP contribution >= 0.6 is 0 Å². The first-order valence-electron chi connectivity index (χ1n) is 7.21. The van der Waals surface area contributed by atoms with E-state index in [1.165, 1.54) is 0 Å². The predicted octanol–water partition coefficient (Wildman–Crippen LogP) is 3.99. The van der Waals surface area contributed by atoms with Crippen molar-refractivity contribution in [2.45, 2.75) is 6.42 Å². The average molecular weight is 290 g/mol. The lowest BCUT2D eigenvalue weighted by Crippen LogP contribution is -2.04. The molecule has 108 valence electrons. The second-order valence-electron chi connectivity index (χ2n) is 5.31. The number of hydrogen-bond acceptors (Lipinski definition) is 3. The molecule has 0 amide bonds. The van der Waals surface area contributed by atoms with Crippen LogP contribution in [0.5, 0.6) is 11.5 Å². The van der Waals surface area contributed by atoms with Crippen LogP contribution in [-0.4, -0.2) is 12.6 Å². The minimum absolute atomic E-state index is 0.107. The molecule has 1 aliphatic rings. The summed E-state index contributed by atoms with van der Waals surface area (Å²) in [5.41, 5.74) is 1.69. The van der Waals surface area contributed by atoms with Gasteiger partial charge in [0, 0.05) is 12.0 Å². The van der Waals surface area contributed by atoms with Crippen LogP contribution in [0.15, 0.2) is 60.7 Å². The average Bonchev–Trinajstić information content (AvgIpc) is 3.02. The number of carbonyl (C=O) groups excluding carboxylic acids is 1. The molecule has 0 unspecified atom stereocenters. The fourth-order valence-electron chi connectivity index (χ4n) is 2.80. The van der Waals surface area contributed by atoms with Crippen LogP contribution in [0.3, 0.4) is 0 Å². The zero-order chi connectivity index (χ0) is 14.9. The van der Waals surface area contributed by atoms with Crippen molar-refractivity contribution in [3.8, 4) is 11.5 Å². The van der Waals surface area contributed by atoms with E-state index in [4.69, 9.17) is 9.47 Å². The molecule has 0 saturated carbocycles. The Labute approximate surface area is 128 Å². The lowest BCUT2D eigenvalue weighted by atomic mass is 9.97. The van der Waals surface area contributed by atoms with Crippen molar-refractivity contribution in [2.75, 3.05) is 6.79 Å². The first-order chi connectivity index (χ1) is 10.8. The first-order valence-corrected chi connectivity index (χ1v) is 7.21. The number of hydrogen-bond donors (Lipinski definition) is 0. The van der Waals surface area contributed by atoms with Crippen molar-refractivity contribution in [3.63, 3.8) is 0 Å². The fourth-order valence-corrected chi connectivity index (χ4v) is 2.80. The van der Waals surface area contributed by atoms with Crippen LogP contribution < -0.4 is 9.47 Å². The molecule has 1 heterocycles. The van der Waals surface area contributed by atoms with Gasteiger partial charge in [0.25, 0.3) is 0 Å². The van der Waals surface area contributed by atoms with Crippen molar-refractivity contribution in [1.82, 2.24) is 0 Å². The third kappa shape index (κ3) is 2.21. The summed E-state index contributed by atoms with van der Waals surface area (Å²) < 4.78 is 10.7. The second-order valence-corrected chi connectivity index (χ2v) is 5.31. The SMILES string of the molecule is O=C(Cc1ccc2c(c1)OCO2)c1cccc2ccccc12. The number of rotatable bonds is 3. The minimum Gasteiger partial charge on any atom is -0.454 e. The van der Waals surface area contributed by atoms with Crippen molar-refractivity contribution >= 4 is 16.6 Å². The maximum atomic E-state index is 12.7. The highest BCUT2D eigenvalue weighted by molar-refractivity contribution is 6.08. The van der Waals surface area contributed by atoms with E-state index < -0.39 is 0 Å². The Kier molecular flexibility index (Phi) is 3.04. The Hall–Kier alpha value is -2.81. The molecule has 0 fully saturated rings. The Balaban J connectivity index is 1.66. The van der Waals surface area contributed by atoms with Gasteiger partial charge in [0.2, 0.25) is 6.79 Å². The molecule has 0 atom stereocenters. The Morgan fingerprint density at radius 3 is 2.68 bits per heavy atom. The molecule has 0 saturated heterocycles. The van der Waals surface area contributed by atoms with Gasteiger partial charge in [-0.05, 0) is 28.5 Å². The smallest absolute Gasteiger partial charge is 0.231 e. The van der Waals surface area contributed by atoms with E-state index in [0.29, 0.717) is 12.2 Å². The molecule has 0 spiro atoms. The molecule has 3 nitrogen and oxygen atoms in total. The number of ketones is 1. The summed E-state index contributed by atoms with van der Waals surface area (Å²) in [5.74, 6) is 1.56. The maximum absolute atomic E-state index is 12.7. The van der Waals surface area contributed by atoms with Gasteiger partial charge in [-0.1, -0.05) is 48.5 Å². The molecule has 0 aromatic heterocycles. The van der Waals surface area contributed by atoms with Crippen molar-refractivity contribution < 1.29 is 14.3 Å². The molecule has 0 N–H and O–H groups in total. The number of benzene rings is 3. The third-order valence-electron chi connectivity index (χ3n) is 3.89. The van der Waals surface area contributed by atoms with Crippen molar-refractivity contribution in [1.29, 1.82) is 0 Å². The molecule has 4 rings (SSSR count). The fraction of sp³-hybridized carbons (Fsp3) is 0.105. The van der Waals surface area contributed by atoms with E-state index in [9.17, 15) is 4.79 Å². The Morgan fingerprint density at radius 1 is 0.909 bits per heavy atom. The van der Waals surface area contributed by atoms with E-state index >= 15 is 0 Å². The summed E-state index contributed by atoms with van der Waals surface area (Å²) in [5, 5.41) is 2.08. The van der Waals surface area contributed by atoms with Crippen LogP contribution in [-0.2, 0) is 6.42 Å². The van der Waals surface area contributed by atoms with E-state index in [1.807, 2.05) is 60.7 Å². The van der Waals surface area contributed by atoms with Crippen LogP contribution in [0.25, 0.3) is 10.8 Å². The van der Waals surface area contributed by atoms with Gasteiger partial charge in [-0.3, -0.25) is 4.79 Å². The van der Waals surface area contributed by atoms with E-state index in [0.717, 1.165) is 27.6 Å². The van der Waals surface area contributed by atoms with Gasteiger partial charge in [-0.25, -0.2) is 0 Å². The highest BCUT2D eigenvalue weighted by Gasteiger charge is 2.16. The van der Waals surface area contributed by atoms with Crippen LogP contribution in [0.1, 0.15) is 15.9 Å². The van der Waals surface area contributed by atoms with Gasteiger partial charge in [0.05, 0.1) is 0 Å². The molecule has 0 aliphatic carbocycles. The summed E-state index contributed by atoms with van der Waals surface area (Å²) in [6, 6.07) is 19.4. The summed E-state index contributed by atoms with van der Waals surface area (Å²) in [4.78, 5) is 12.7. The Bertz CT molecular complexity index is 862. The standard InChI is InChI=1S/C19H14O3/c20-17(10-13-8-9-18-19(11-13)22-12-21-18)16-7-3-5-14-4-1-2-6-15(14)16/h1-9,11H,10,12H2. The molecule has 3 aromatic carbocycles. The molecule has 3 heteroatoms. The zero-order valence-corrected chi connectivity index (χ0v) is 11.9. The number of fused-ring (bicyclic) bond motifs is 2. The lowest BCUT2D eigenvalue weighted by Gasteiger charge is -2.06. The topological polar surface area (TPSA) is 35.5 Å². The number of Topliss-reactive ketones (excluding diaryl/α,β-unsaturated/α-hetero) is 1. The van der Waals surface area contributed by atoms with Crippen LogP contribution in [0.4, 0.5) is 0 Å². The van der Waals surface area contributed by atoms with E-state index in [1.54, 1.807) is 0 Å².